The van der Waals surface area contributed by atoms with E-state index in [0.29, 0.717) is 6.42 Å². The fourth-order valence-electron chi connectivity index (χ4n) is 2.86. The van der Waals surface area contributed by atoms with E-state index in [1.165, 1.54) is 0 Å². The third-order valence-electron chi connectivity index (χ3n) is 3.96. The van der Waals surface area contributed by atoms with Gasteiger partial charge in [0.2, 0.25) is 0 Å². The van der Waals surface area contributed by atoms with Crippen molar-refractivity contribution < 1.29 is 14.9 Å². The molecule has 6 nitrogen and oxygen atoms in total. The number of nitrogens with zero attached hydrogens (tertiary/aromatic N) is 3. The molecule has 3 aromatic rings. The van der Waals surface area contributed by atoms with Gasteiger partial charge in [0.1, 0.15) is 24.3 Å². The minimum absolute atomic E-state index is 0.188. The summed E-state index contributed by atoms with van der Waals surface area (Å²) < 4.78 is 7.61. The van der Waals surface area contributed by atoms with Crippen LogP contribution in [0.15, 0.2) is 36.1 Å². The van der Waals surface area contributed by atoms with Crippen molar-refractivity contribution in [2.24, 2.45) is 0 Å². The highest BCUT2D eigenvalue weighted by Gasteiger charge is 2.35. The largest absolute Gasteiger partial charge is 0.394 e. The zero-order valence-electron chi connectivity index (χ0n) is 11.7. The number of hydrogen-bond acceptors (Lipinski definition) is 6. The van der Waals surface area contributed by atoms with E-state index in [2.05, 4.69) is 9.97 Å². The van der Waals surface area contributed by atoms with E-state index in [4.69, 9.17) is 4.74 Å². The van der Waals surface area contributed by atoms with Crippen LogP contribution in [0.1, 0.15) is 12.6 Å². The van der Waals surface area contributed by atoms with Crippen molar-refractivity contribution in [2.45, 2.75) is 24.9 Å². The van der Waals surface area contributed by atoms with Crippen LogP contribution >= 0.6 is 11.3 Å². The van der Waals surface area contributed by atoms with Gasteiger partial charge in [-0.2, -0.15) is 0 Å². The minimum Gasteiger partial charge on any atom is -0.394 e. The zero-order valence-corrected chi connectivity index (χ0v) is 12.5. The van der Waals surface area contributed by atoms with Gasteiger partial charge in [-0.05, 0) is 17.5 Å². The van der Waals surface area contributed by atoms with E-state index in [9.17, 15) is 10.2 Å². The Morgan fingerprint density at radius 3 is 3.00 bits per heavy atom. The van der Waals surface area contributed by atoms with Crippen molar-refractivity contribution in [2.75, 3.05) is 6.61 Å². The maximum Gasteiger partial charge on any atom is 0.146 e. The van der Waals surface area contributed by atoms with Gasteiger partial charge in [-0.25, -0.2) is 9.97 Å². The van der Waals surface area contributed by atoms with Gasteiger partial charge in [0, 0.05) is 18.0 Å². The summed E-state index contributed by atoms with van der Waals surface area (Å²) in [6.07, 6.45) is 2.35. The fourth-order valence-corrected chi connectivity index (χ4v) is 3.60. The van der Waals surface area contributed by atoms with Gasteiger partial charge in [0.15, 0.2) is 0 Å². The summed E-state index contributed by atoms with van der Waals surface area (Å²) >= 11 is 1.63. The molecule has 1 aliphatic heterocycles. The van der Waals surface area contributed by atoms with Crippen LogP contribution in [0.25, 0.3) is 21.6 Å². The molecule has 1 aliphatic rings. The highest BCUT2D eigenvalue weighted by molar-refractivity contribution is 7.13. The molecule has 4 heterocycles. The van der Waals surface area contributed by atoms with Crippen molar-refractivity contribution in [1.29, 1.82) is 0 Å². The van der Waals surface area contributed by atoms with E-state index in [1.807, 2.05) is 34.3 Å². The molecular formula is C15H15N3O3S. The Kier molecular flexibility index (Phi) is 3.42. The van der Waals surface area contributed by atoms with Crippen molar-refractivity contribution in [3.8, 4) is 10.6 Å². The summed E-state index contributed by atoms with van der Waals surface area (Å²) in [6, 6.07) is 5.99. The Balaban J connectivity index is 1.77. The fraction of sp³-hybridized carbons (Fsp3) is 0.333. The number of aliphatic hydroxyl groups is 2. The molecule has 114 valence electrons. The van der Waals surface area contributed by atoms with Crippen LogP contribution in [-0.4, -0.2) is 43.6 Å². The maximum atomic E-state index is 9.91. The second-order valence-corrected chi connectivity index (χ2v) is 6.22. The minimum atomic E-state index is -0.661. The Labute approximate surface area is 130 Å². The summed E-state index contributed by atoms with van der Waals surface area (Å²) in [5, 5.41) is 22.1. The molecule has 0 saturated carbocycles. The summed E-state index contributed by atoms with van der Waals surface area (Å²) in [5.74, 6) is 0. The molecule has 3 aromatic heterocycles. The van der Waals surface area contributed by atoms with E-state index < -0.39 is 12.2 Å². The van der Waals surface area contributed by atoms with Crippen molar-refractivity contribution in [1.82, 2.24) is 14.5 Å². The van der Waals surface area contributed by atoms with Gasteiger partial charge in [0.25, 0.3) is 0 Å². The summed E-state index contributed by atoms with van der Waals surface area (Å²) in [4.78, 5) is 9.84. The highest BCUT2D eigenvalue weighted by Crippen LogP contribution is 2.34. The Morgan fingerprint density at radius 2 is 2.27 bits per heavy atom. The molecule has 0 unspecified atom stereocenters. The monoisotopic (exact) mass is 317 g/mol. The third kappa shape index (κ3) is 2.14. The van der Waals surface area contributed by atoms with Crippen LogP contribution in [0.4, 0.5) is 0 Å². The first-order chi connectivity index (χ1) is 10.8. The lowest BCUT2D eigenvalue weighted by Gasteiger charge is -2.14. The lowest BCUT2D eigenvalue weighted by atomic mass is 10.2. The summed E-state index contributed by atoms with van der Waals surface area (Å²) in [5.41, 5.74) is 1.67. The summed E-state index contributed by atoms with van der Waals surface area (Å²) in [7, 11) is 0. The molecular weight excluding hydrogens is 302 g/mol. The zero-order chi connectivity index (χ0) is 15.1. The van der Waals surface area contributed by atoms with Gasteiger partial charge in [0.05, 0.1) is 23.3 Å². The van der Waals surface area contributed by atoms with Crippen LogP contribution in [0.5, 0.6) is 0 Å². The quantitative estimate of drug-likeness (QED) is 0.770. The molecule has 0 aliphatic carbocycles. The third-order valence-corrected chi connectivity index (χ3v) is 4.83. The SMILES string of the molecule is OC[C@H]1O[C@@H](n2ccc3c(-c4cccs4)ncnc32)C[C@@H]1O. The normalized spacial score (nSPS) is 25.1. The second-order valence-electron chi connectivity index (χ2n) is 5.27. The Morgan fingerprint density at radius 1 is 1.36 bits per heavy atom. The molecule has 4 rings (SSSR count). The lowest BCUT2D eigenvalue weighted by Crippen LogP contribution is -2.24. The number of aromatic nitrogens is 3. The van der Waals surface area contributed by atoms with Crippen molar-refractivity contribution >= 4 is 22.4 Å². The molecule has 2 N–H and O–H groups in total. The molecule has 22 heavy (non-hydrogen) atoms. The van der Waals surface area contributed by atoms with Gasteiger partial charge in [-0.3, -0.25) is 0 Å². The van der Waals surface area contributed by atoms with Crippen LogP contribution in [-0.2, 0) is 4.74 Å². The second kappa shape index (κ2) is 5.44. The topological polar surface area (TPSA) is 80.4 Å². The Hall–Kier alpha value is -1.80. The lowest BCUT2D eigenvalue weighted by molar-refractivity contribution is -0.0430. The van der Waals surface area contributed by atoms with E-state index in [1.54, 1.807) is 17.7 Å². The average Bonchev–Trinajstić information content (AvgIpc) is 3.25. The van der Waals surface area contributed by atoms with Gasteiger partial charge >= 0.3 is 0 Å². The number of rotatable bonds is 3. The first-order valence-electron chi connectivity index (χ1n) is 7.07. The van der Waals surface area contributed by atoms with Crippen LogP contribution in [0, 0.1) is 0 Å². The summed E-state index contributed by atoms with van der Waals surface area (Å²) in [6.45, 7) is -0.188. The average molecular weight is 317 g/mol. The smallest absolute Gasteiger partial charge is 0.146 e. The van der Waals surface area contributed by atoms with E-state index in [-0.39, 0.29) is 12.8 Å². The number of aliphatic hydroxyl groups excluding tert-OH is 2. The molecule has 0 radical (unpaired) electrons. The van der Waals surface area contributed by atoms with Gasteiger partial charge < -0.3 is 19.5 Å². The van der Waals surface area contributed by atoms with Crippen molar-refractivity contribution in [3.63, 3.8) is 0 Å². The first kappa shape index (κ1) is 13.8. The molecule has 0 amide bonds. The number of thiophene rings is 1. The first-order valence-corrected chi connectivity index (χ1v) is 7.95. The van der Waals surface area contributed by atoms with Crippen LogP contribution < -0.4 is 0 Å². The van der Waals surface area contributed by atoms with Crippen molar-refractivity contribution in [3.05, 3.63) is 36.1 Å². The molecule has 0 aromatic carbocycles. The molecule has 1 saturated heterocycles. The van der Waals surface area contributed by atoms with E-state index in [0.717, 1.165) is 21.6 Å². The van der Waals surface area contributed by atoms with E-state index >= 15 is 0 Å². The molecule has 1 fully saturated rings. The Bertz CT molecular complexity index is 787. The number of ether oxygens (including phenoxy) is 1. The van der Waals surface area contributed by atoms with Crippen LogP contribution in [0.2, 0.25) is 0 Å². The molecule has 7 heteroatoms. The standard InChI is InChI=1S/C15H15N3O3S/c19-7-11-10(20)6-13(21-11)18-4-3-9-14(12-2-1-5-22-12)16-8-17-15(9)18/h1-5,8,10-11,13,19-20H,6-7H2/t10-,11+,13+/m0/s1. The molecule has 0 bridgehead atoms. The molecule has 0 spiro atoms. The number of fused-ring (bicyclic) bond motifs is 1. The maximum absolute atomic E-state index is 9.91. The van der Waals surface area contributed by atoms with Crippen LogP contribution in [0.3, 0.4) is 0 Å². The predicted molar refractivity (Wildman–Crippen MR) is 82.5 cm³/mol. The van der Waals surface area contributed by atoms with Gasteiger partial charge in [-0.15, -0.1) is 11.3 Å². The molecule has 3 atom stereocenters. The predicted octanol–water partition coefficient (Wildman–Crippen LogP) is 1.80. The van der Waals surface area contributed by atoms with Gasteiger partial charge in [-0.1, -0.05) is 6.07 Å². The highest BCUT2D eigenvalue weighted by atomic mass is 32.1. The number of hydrogen-bond donors (Lipinski definition) is 2.